The number of imidazole rings is 1. The molecule has 1 heterocycles. The van der Waals surface area contributed by atoms with E-state index in [2.05, 4.69) is 48.5 Å². The average molecular weight is 259 g/mol. The molecule has 19 heavy (non-hydrogen) atoms. The van der Waals surface area contributed by atoms with Gasteiger partial charge in [0.25, 0.3) is 0 Å². The van der Waals surface area contributed by atoms with Crippen molar-refractivity contribution in [2.75, 3.05) is 5.73 Å². The third-order valence-electron chi connectivity index (χ3n) is 3.83. The maximum absolute atomic E-state index is 6.18. The standard InChI is InChI=1S/C16H25N3/c1-4-6-10-13(8-5-2)19-14-11-7-9-12(3)15(14)18-16(19)17/h7,9,11,13H,4-6,8,10H2,1-3H3,(H2,17,18). The van der Waals surface area contributed by atoms with Gasteiger partial charge in [-0.15, -0.1) is 0 Å². The highest BCUT2D eigenvalue weighted by Crippen LogP contribution is 2.30. The molecule has 3 heteroatoms. The van der Waals surface area contributed by atoms with Crippen LogP contribution in [0.15, 0.2) is 18.2 Å². The molecule has 0 amide bonds. The fourth-order valence-electron chi connectivity index (χ4n) is 2.83. The zero-order valence-corrected chi connectivity index (χ0v) is 12.3. The number of unbranched alkanes of at least 4 members (excludes halogenated alkanes) is 1. The van der Waals surface area contributed by atoms with Gasteiger partial charge in [0.1, 0.15) is 0 Å². The topological polar surface area (TPSA) is 43.8 Å². The minimum Gasteiger partial charge on any atom is -0.369 e. The van der Waals surface area contributed by atoms with Crippen molar-refractivity contribution < 1.29 is 0 Å². The highest BCUT2D eigenvalue weighted by atomic mass is 15.2. The zero-order valence-electron chi connectivity index (χ0n) is 12.3. The lowest BCUT2D eigenvalue weighted by Gasteiger charge is -2.20. The number of aryl methyl sites for hydroxylation is 1. The van der Waals surface area contributed by atoms with Crippen molar-refractivity contribution in [3.8, 4) is 0 Å². The first-order chi connectivity index (χ1) is 9.19. The minimum atomic E-state index is 0.483. The Morgan fingerprint density at radius 2 is 2.00 bits per heavy atom. The van der Waals surface area contributed by atoms with Gasteiger partial charge in [-0.3, -0.25) is 0 Å². The lowest BCUT2D eigenvalue weighted by molar-refractivity contribution is 0.430. The quantitative estimate of drug-likeness (QED) is 0.832. The Morgan fingerprint density at radius 1 is 1.21 bits per heavy atom. The van der Waals surface area contributed by atoms with Crippen LogP contribution < -0.4 is 5.73 Å². The fourth-order valence-corrected chi connectivity index (χ4v) is 2.83. The van der Waals surface area contributed by atoms with Gasteiger partial charge in [-0.1, -0.05) is 45.2 Å². The van der Waals surface area contributed by atoms with Gasteiger partial charge in [0.05, 0.1) is 11.0 Å². The van der Waals surface area contributed by atoms with Crippen LogP contribution in [0, 0.1) is 6.92 Å². The van der Waals surface area contributed by atoms with Crippen molar-refractivity contribution in [3.63, 3.8) is 0 Å². The molecule has 2 N–H and O–H groups in total. The van der Waals surface area contributed by atoms with E-state index in [4.69, 9.17) is 5.73 Å². The highest BCUT2D eigenvalue weighted by molar-refractivity contribution is 5.81. The Morgan fingerprint density at radius 3 is 2.68 bits per heavy atom. The van der Waals surface area contributed by atoms with E-state index >= 15 is 0 Å². The summed E-state index contributed by atoms with van der Waals surface area (Å²) in [6.07, 6.45) is 6.01. The van der Waals surface area contributed by atoms with Crippen LogP contribution in [0.2, 0.25) is 0 Å². The molecule has 0 fully saturated rings. The van der Waals surface area contributed by atoms with E-state index in [9.17, 15) is 0 Å². The number of nitrogen functional groups attached to an aromatic ring is 1. The second kappa shape index (κ2) is 6.09. The molecule has 0 radical (unpaired) electrons. The van der Waals surface area contributed by atoms with E-state index in [0.717, 1.165) is 5.52 Å². The van der Waals surface area contributed by atoms with Crippen LogP contribution in [0.25, 0.3) is 11.0 Å². The summed E-state index contributed by atoms with van der Waals surface area (Å²) in [4.78, 5) is 4.56. The number of para-hydroxylation sites is 1. The number of anilines is 1. The molecular formula is C16H25N3. The summed E-state index contributed by atoms with van der Waals surface area (Å²) < 4.78 is 2.25. The van der Waals surface area contributed by atoms with Gasteiger partial charge >= 0.3 is 0 Å². The second-order valence-corrected chi connectivity index (χ2v) is 5.37. The SMILES string of the molecule is CCCCC(CCC)n1c(N)nc2c(C)cccc21. The monoisotopic (exact) mass is 259 g/mol. The number of rotatable bonds is 6. The summed E-state index contributed by atoms with van der Waals surface area (Å²) in [7, 11) is 0. The van der Waals surface area contributed by atoms with Crippen LogP contribution in [0.5, 0.6) is 0 Å². The average Bonchev–Trinajstić information content (AvgIpc) is 2.73. The first kappa shape index (κ1) is 13.9. The van der Waals surface area contributed by atoms with Crippen LogP contribution >= 0.6 is 0 Å². The van der Waals surface area contributed by atoms with E-state index in [1.165, 1.54) is 43.2 Å². The van der Waals surface area contributed by atoms with Crippen LogP contribution in [0.1, 0.15) is 57.6 Å². The van der Waals surface area contributed by atoms with E-state index < -0.39 is 0 Å². The molecule has 0 saturated carbocycles. The number of nitrogens with two attached hydrogens (primary N) is 1. The molecule has 104 valence electrons. The summed E-state index contributed by atoms with van der Waals surface area (Å²) in [5.74, 6) is 0.666. The molecule has 1 aromatic heterocycles. The summed E-state index contributed by atoms with van der Waals surface area (Å²) in [6, 6.07) is 6.81. The lowest BCUT2D eigenvalue weighted by Crippen LogP contribution is -2.12. The molecule has 0 aliphatic rings. The smallest absolute Gasteiger partial charge is 0.201 e. The first-order valence-electron chi connectivity index (χ1n) is 7.42. The molecule has 1 unspecified atom stereocenters. The Hall–Kier alpha value is -1.51. The number of nitrogens with zero attached hydrogens (tertiary/aromatic N) is 2. The molecule has 0 aliphatic heterocycles. The lowest BCUT2D eigenvalue weighted by atomic mass is 10.0. The maximum atomic E-state index is 6.18. The minimum absolute atomic E-state index is 0.483. The Balaban J connectivity index is 2.46. The number of fused-ring (bicyclic) bond motifs is 1. The Kier molecular flexibility index (Phi) is 4.46. The molecule has 1 atom stereocenters. The van der Waals surface area contributed by atoms with Gasteiger partial charge in [0, 0.05) is 6.04 Å². The highest BCUT2D eigenvalue weighted by Gasteiger charge is 2.17. The van der Waals surface area contributed by atoms with E-state index in [1.54, 1.807) is 0 Å². The molecule has 0 bridgehead atoms. The van der Waals surface area contributed by atoms with Crippen molar-refractivity contribution in [3.05, 3.63) is 23.8 Å². The maximum Gasteiger partial charge on any atom is 0.201 e. The Labute approximate surface area is 115 Å². The van der Waals surface area contributed by atoms with Gasteiger partial charge < -0.3 is 10.3 Å². The molecule has 3 nitrogen and oxygen atoms in total. The van der Waals surface area contributed by atoms with Crippen molar-refractivity contribution in [1.82, 2.24) is 9.55 Å². The van der Waals surface area contributed by atoms with Gasteiger partial charge in [-0.25, -0.2) is 4.98 Å². The van der Waals surface area contributed by atoms with Crippen LogP contribution in [0.4, 0.5) is 5.95 Å². The number of aromatic nitrogens is 2. The molecule has 0 saturated heterocycles. The fraction of sp³-hybridized carbons (Fsp3) is 0.562. The van der Waals surface area contributed by atoms with Crippen LogP contribution in [-0.4, -0.2) is 9.55 Å². The first-order valence-corrected chi connectivity index (χ1v) is 7.42. The summed E-state index contributed by atoms with van der Waals surface area (Å²) in [5, 5.41) is 0. The van der Waals surface area contributed by atoms with Gasteiger partial charge in [0.2, 0.25) is 5.95 Å². The predicted molar refractivity (Wildman–Crippen MR) is 82.4 cm³/mol. The molecule has 2 rings (SSSR count). The molecule has 0 spiro atoms. The number of hydrogen-bond donors (Lipinski definition) is 1. The molecule has 1 aromatic carbocycles. The molecule has 2 aromatic rings. The molecule has 0 aliphatic carbocycles. The van der Waals surface area contributed by atoms with Crippen molar-refractivity contribution in [2.45, 2.75) is 58.9 Å². The largest absolute Gasteiger partial charge is 0.369 e. The van der Waals surface area contributed by atoms with Crippen molar-refractivity contribution in [2.24, 2.45) is 0 Å². The van der Waals surface area contributed by atoms with Gasteiger partial charge in [0.15, 0.2) is 0 Å². The van der Waals surface area contributed by atoms with Crippen LogP contribution in [0.3, 0.4) is 0 Å². The predicted octanol–water partition coefficient (Wildman–Crippen LogP) is 4.46. The second-order valence-electron chi connectivity index (χ2n) is 5.37. The van der Waals surface area contributed by atoms with E-state index in [1.807, 2.05) is 0 Å². The summed E-state index contributed by atoms with van der Waals surface area (Å²) in [5.41, 5.74) is 9.62. The number of hydrogen-bond acceptors (Lipinski definition) is 2. The van der Waals surface area contributed by atoms with E-state index in [0.29, 0.717) is 12.0 Å². The summed E-state index contributed by atoms with van der Waals surface area (Å²) in [6.45, 7) is 6.57. The van der Waals surface area contributed by atoms with Crippen LogP contribution in [-0.2, 0) is 0 Å². The number of benzene rings is 1. The zero-order chi connectivity index (χ0) is 13.8. The van der Waals surface area contributed by atoms with Crippen molar-refractivity contribution in [1.29, 1.82) is 0 Å². The summed E-state index contributed by atoms with van der Waals surface area (Å²) >= 11 is 0. The van der Waals surface area contributed by atoms with Gasteiger partial charge in [-0.05, 0) is 31.4 Å². The van der Waals surface area contributed by atoms with Crippen molar-refractivity contribution >= 4 is 17.0 Å². The Bertz CT molecular complexity index is 542. The third-order valence-corrected chi connectivity index (χ3v) is 3.83. The third kappa shape index (κ3) is 2.75. The van der Waals surface area contributed by atoms with E-state index in [-0.39, 0.29) is 0 Å². The molecular weight excluding hydrogens is 234 g/mol. The van der Waals surface area contributed by atoms with Gasteiger partial charge in [-0.2, -0.15) is 0 Å². The normalized spacial score (nSPS) is 13.0.